The highest BCUT2D eigenvalue weighted by Gasteiger charge is 2.05. The van der Waals surface area contributed by atoms with Gasteiger partial charge in [-0.05, 0) is 18.2 Å². The minimum absolute atomic E-state index is 0.119. The van der Waals surface area contributed by atoms with Gasteiger partial charge in [0.15, 0.2) is 0 Å². The van der Waals surface area contributed by atoms with Crippen LogP contribution in [0.1, 0.15) is 5.82 Å². The van der Waals surface area contributed by atoms with Crippen molar-refractivity contribution in [2.75, 3.05) is 6.61 Å². The molecule has 0 amide bonds. The van der Waals surface area contributed by atoms with E-state index in [9.17, 15) is 0 Å². The van der Waals surface area contributed by atoms with Crippen molar-refractivity contribution in [2.45, 2.75) is 6.54 Å². The van der Waals surface area contributed by atoms with Crippen molar-refractivity contribution in [1.29, 1.82) is 0 Å². The third kappa shape index (κ3) is 3.68. The zero-order valence-corrected chi connectivity index (χ0v) is 11.5. The van der Waals surface area contributed by atoms with E-state index >= 15 is 0 Å². The summed E-state index contributed by atoms with van der Waals surface area (Å²) in [6.07, 6.45) is 1.50. The van der Waals surface area contributed by atoms with Crippen molar-refractivity contribution in [3.63, 3.8) is 0 Å². The fourth-order valence-electron chi connectivity index (χ4n) is 1.38. The highest BCUT2D eigenvalue weighted by Crippen LogP contribution is 2.17. The molecule has 3 N–H and O–H groups in total. The molecule has 0 bridgehead atoms. The Labute approximate surface area is 117 Å². The summed E-state index contributed by atoms with van der Waals surface area (Å²) < 4.78 is 8.08. The first-order chi connectivity index (χ1) is 9.19. The predicted octanol–water partition coefficient (Wildman–Crippen LogP) is 1.21. The normalized spacial score (nSPS) is 11.5. The first-order valence-electron chi connectivity index (χ1n) is 5.45. The lowest BCUT2D eigenvalue weighted by molar-refractivity contribution is 0.291. The van der Waals surface area contributed by atoms with Gasteiger partial charge >= 0.3 is 0 Å². The van der Waals surface area contributed by atoms with Crippen molar-refractivity contribution in [3.8, 4) is 5.75 Å². The molecule has 1 aromatic heterocycles. The standard InChI is InChI=1S/C11H12BrN5O2/c12-8-2-1-3-9(6-8)19-5-4-17-7-14-11(15-17)10(13)16-18/h1-3,6-7,18H,4-5H2,(H2,13,16). The Kier molecular flexibility index (Phi) is 4.35. The highest BCUT2D eigenvalue weighted by molar-refractivity contribution is 9.10. The number of hydrogen-bond donors (Lipinski definition) is 2. The maximum atomic E-state index is 8.49. The molecule has 0 spiro atoms. The Hall–Kier alpha value is -2.09. The minimum atomic E-state index is -0.119. The molecule has 0 aliphatic rings. The summed E-state index contributed by atoms with van der Waals surface area (Å²) >= 11 is 3.37. The smallest absolute Gasteiger partial charge is 0.219 e. The summed E-state index contributed by atoms with van der Waals surface area (Å²) in [6.45, 7) is 0.952. The molecule has 0 fully saturated rings. The number of oxime groups is 1. The molecule has 0 saturated carbocycles. The topological polar surface area (TPSA) is 98.6 Å². The number of rotatable bonds is 5. The van der Waals surface area contributed by atoms with Crippen molar-refractivity contribution in [2.24, 2.45) is 10.9 Å². The predicted molar refractivity (Wildman–Crippen MR) is 72.2 cm³/mol. The van der Waals surface area contributed by atoms with Crippen LogP contribution >= 0.6 is 15.9 Å². The van der Waals surface area contributed by atoms with Gasteiger partial charge in [0, 0.05) is 4.47 Å². The lowest BCUT2D eigenvalue weighted by atomic mass is 10.3. The van der Waals surface area contributed by atoms with Crippen molar-refractivity contribution in [1.82, 2.24) is 14.8 Å². The number of nitrogens with zero attached hydrogens (tertiary/aromatic N) is 4. The van der Waals surface area contributed by atoms with Crippen LogP contribution in [-0.2, 0) is 6.54 Å². The van der Waals surface area contributed by atoms with Crippen LogP contribution in [0.4, 0.5) is 0 Å². The number of hydrogen-bond acceptors (Lipinski definition) is 5. The van der Waals surface area contributed by atoms with E-state index in [1.54, 1.807) is 4.68 Å². The number of ether oxygens (including phenoxy) is 1. The fraction of sp³-hybridized carbons (Fsp3) is 0.182. The summed E-state index contributed by atoms with van der Waals surface area (Å²) in [5, 5.41) is 15.4. The van der Waals surface area contributed by atoms with Crippen LogP contribution in [0, 0.1) is 0 Å². The molecular weight excluding hydrogens is 314 g/mol. The Morgan fingerprint density at radius 3 is 3.11 bits per heavy atom. The molecule has 0 radical (unpaired) electrons. The van der Waals surface area contributed by atoms with Gasteiger partial charge in [-0.25, -0.2) is 9.67 Å². The van der Waals surface area contributed by atoms with Crippen LogP contribution in [0.2, 0.25) is 0 Å². The van der Waals surface area contributed by atoms with E-state index < -0.39 is 0 Å². The number of aromatic nitrogens is 3. The first kappa shape index (κ1) is 13.3. The molecule has 1 aromatic carbocycles. The molecule has 7 nitrogen and oxygen atoms in total. The maximum Gasteiger partial charge on any atom is 0.219 e. The molecule has 8 heteroatoms. The molecule has 0 aliphatic heterocycles. The molecule has 2 rings (SSSR count). The minimum Gasteiger partial charge on any atom is -0.492 e. The Bertz CT molecular complexity index is 584. The third-order valence-electron chi connectivity index (χ3n) is 2.26. The summed E-state index contributed by atoms with van der Waals surface area (Å²) in [7, 11) is 0. The van der Waals surface area contributed by atoms with Gasteiger partial charge < -0.3 is 15.7 Å². The number of benzene rings is 1. The molecule has 2 aromatic rings. The molecule has 0 atom stereocenters. The highest BCUT2D eigenvalue weighted by atomic mass is 79.9. The van der Waals surface area contributed by atoms with Crippen molar-refractivity contribution < 1.29 is 9.94 Å². The van der Waals surface area contributed by atoms with E-state index in [-0.39, 0.29) is 11.7 Å². The van der Waals surface area contributed by atoms with Gasteiger partial charge in [-0.3, -0.25) is 0 Å². The molecule has 19 heavy (non-hydrogen) atoms. The zero-order valence-electron chi connectivity index (χ0n) is 9.90. The van der Waals surface area contributed by atoms with Gasteiger partial charge in [0.2, 0.25) is 11.7 Å². The van der Waals surface area contributed by atoms with Gasteiger partial charge in [0.05, 0.1) is 6.54 Å². The Morgan fingerprint density at radius 1 is 1.53 bits per heavy atom. The SMILES string of the molecule is NC(=NO)c1ncn(CCOc2cccc(Br)c2)n1. The summed E-state index contributed by atoms with van der Waals surface area (Å²) in [6, 6.07) is 7.57. The lowest BCUT2D eigenvalue weighted by Crippen LogP contribution is -2.16. The van der Waals surface area contributed by atoms with Gasteiger partial charge in [-0.1, -0.05) is 27.2 Å². The summed E-state index contributed by atoms with van der Waals surface area (Å²) in [5.41, 5.74) is 5.37. The maximum absolute atomic E-state index is 8.49. The molecular formula is C11H12BrN5O2. The van der Waals surface area contributed by atoms with Crippen molar-refractivity contribution >= 4 is 21.8 Å². The number of halogens is 1. The zero-order chi connectivity index (χ0) is 13.7. The van der Waals surface area contributed by atoms with Crippen LogP contribution in [0.5, 0.6) is 5.75 Å². The van der Waals surface area contributed by atoms with Crippen molar-refractivity contribution in [3.05, 3.63) is 40.9 Å². The molecule has 100 valence electrons. The molecule has 0 aliphatic carbocycles. The molecule has 0 unspecified atom stereocenters. The quantitative estimate of drug-likeness (QED) is 0.372. The second-order valence-electron chi connectivity index (χ2n) is 3.62. The lowest BCUT2D eigenvalue weighted by Gasteiger charge is -2.05. The number of amidine groups is 1. The van der Waals surface area contributed by atoms with E-state index in [0.717, 1.165) is 10.2 Å². The third-order valence-corrected chi connectivity index (χ3v) is 2.75. The van der Waals surface area contributed by atoms with Gasteiger partial charge in [-0.2, -0.15) is 0 Å². The monoisotopic (exact) mass is 325 g/mol. The molecule has 1 heterocycles. The van der Waals surface area contributed by atoms with Crippen LogP contribution in [0.25, 0.3) is 0 Å². The van der Waals surface area contributed by atoms with Crippen LogP contribution < -0.4 is 10.5 Å². The average Bonchev–Trinajstić information content (AvgIpc) is 2.87. The van der Waals surface area contributed by atoms with Crippen LogP contribution in [0.15, 0.2) is 40.2 Å². The first-order valence-corrected chi connectivity index (χ1v) is 6.24. The molecule has 0 saturated heterocycles. The average molecular weight is 326 g/mol. The van der Waals surface area contributed by atoms with E-state index in [4.69, 9.17) is 15.7 Å². The largest absolute Gasteiger partial charge is 0.492 e. The van der Waals surface area contributed by atoms with E-state index in [1.165, 1.54) is 6.33 Å². The second kappa shape index (κ2) is 6.19. The van der Waals surface area contributed by atoms with Crippen LogP contribution in [0.3, 0.4) is 0 Å². The van der Waals surface area contributed by atoms with Gasteiger partial charge in [0.25, 0.3) is 0 Å². The Balaban J connectivity index is 1.87. The van der Waals surface area contributed by atoms with E-state index in [2.05, 4.69) is 31.2 Å². The van der Waals surface area contributed by atoms with Gasteiger partial charge in [0.1, 0.15) is 18.7 Å². The fourth-order valence-corrected chi connectivity index (χ4v) is 1.76. The van der Waals surface area contributed by atoms with Crippen LogP contribution in [-0.4, -0.2) is 32.4 Å². The number of nitrogens with two attached hydrogens (primary N) is 1. The van der Waals surface area contributed by atoms with Gasteiger partial charge in [-0.15, -0.1) is 5.10 Å². The second-order valence-corrected chi connectivity index (χ2v) is 4.54. The van der Waals surface area contributed by atoms with E-state index in [1.807, 2.05) is 24.3 Å². The van der Waals surface area contributed by atoms with E-state index in [0.29, 0.717) is 13.2 Å². The Morgan fingerprint density at radius 2 is 2.37 bits per heavy atom. The summed E-state index contributed by atoms with van der Waals surface area (Å²) in [5.74, 6) is 0.836. The summed E-state index contributed by atoms with van der Waals surface area (Å²) in [4.78, 5) is 3.90.